The molecule has 0 fully saturated rings. The van der Waals surface area contributed by atoms with Crippen molar-refractivity contribution in [1.29, 1.82) is 0 Å². The molecule has 4 rings (SSSR count). The number of hydrogen-bond acceptors (Lipinski definition) is 5. The maximum atomic E-state index is 13.4. The molecule has 34 heavy (non-hydrogen) atoms. The third kappa shape index (κ3) is 4.94. The summed E-state index contributed by atoms with van der Waals surface area (Å²) in [5, 5.41) is 7.40. The molecule has 0 saturated heterocycles. The summed E-state index contributed by atoms with van der Waals surface area (Å²) in [6.07, 6.45) is 0. The fourth-order valence-corrected chi connectivity index (χ4v) is 3.94. The molecule has 4 aromatic rings. The summed E-state index contributed by atoms with van der Waals surface area (Å²) >= 11 is 6.06. The van der Waals surface area contributed by atoms with Crippen molar-refractivity contribution in [2.24, 2.45) is 0 Å². The second-order valence-electron chi connectivity index (χ2n) is 8.49. The molecular weight excluding hydrogens is 452 g/mol. The molecule has 0 saturated carbocycles. The van der Waals surface area contributed by atoms with Crippen LogP contribution < -0.4 is 10.9 Å². The number of benzene rings is 2. The zero-order valence-electron chi connectivity index (χ0n) is 19.4. The van der Waals surface area contributed by atoms with E-state index in [0.717, 1.165) is 0 Å². The zero-order valence-corrected chi connectivity index (χ0v) is 20.2. The number of aryl methyl sites for hydroxylation is 2. The maximum Gasteiger partial charge on any atom is 0.264 e. The first-order chi connectivity index (χ1) is 16.2. The maximum absolute atomic E-state index is 13.4. The van der Waals surface area contributed by atoms with Gasteiger partial charge in [-0.05, 0) is 61.2 Å². The van der Waals surface area contributed by atoms with Crippen LogP contribution in [0.3, 0.4) is 0 Å². The van der Waals surface area contributed by atoms with Crippen LogP contribution in [0.1, 0.15) is 36.6 Å². The molecule has 0 spiro atoms. The second-order valence-corrected chi connectivity index (χ2v) is 8.93. The number of nitrogens with zero attached hydrogens (tertiary/aromatic N) is 3. The van der Waals surface area contributed by atoms with Gasteiger partial charge in [-0.15, -0.1) is 0 Å². The minimum atomic E-state index is -0.371. The number of rotatable bonds is 6. The molecule has 174 valence electrons. The Morgan fingerprint density at radius 3 is 2.53 bits per heavy atom. The molecule has 2 heterocycles. The monoisotopic (exact) mass is 476 g/mol. The van der Waals surface area contributed by atoms with E-state index < -0.39 is 0 Å². The third-order valence-electron chi connectivity index (χ3n) is 5.59. The normalized spacial score (nSPS) is 11.1. The van der Waals surface area contributed by atoms with Crippen LogP contribution in [0.2, 0.25) is 5.02 Å². The van der Waals surface area contributed by atoms with Crippen LogP contribution in [0.5, 0.6) is 0 Å². The second kappa shape index (κ2) is 9.65. The van der Waals surface area contributed by atoms with Crippen molar-refractivity contribution in [2.45, 2.75) is 40.2 Å². The van der Waals surface area contributed by atoms with E-state index in [2.05, 4.69) is 29.3 Å². The first kappa shape index (κ1) is 23.4. The summed E-state index contributed by atoms with van der Waals surface area (Å²) in [5.74, 6) is 0.519. The highest BCUT2D eigenvalue weighted by atomic mass is 35.5. The SMILES string of the molecule is Cc1cc(C)n(CC(=O)Nc2ccc(C(C)C)cc2)c(=O)c1-c1nc(-c2cccc(Cl)c2)no1. The van der Waals surface area contributed by atoms with Crippen molar-refractivity contribution in [3.63, 3.8) is 0 Å². The average Bonchev–Trinajstić information content (AvgIpc) is 3.26. The van der Waals surface area contributed by atoms with Gasteiger partial charge in [-0.2, -0.15) is 4.98 Å². The number of amides is 1. The van der Waals surface area contributed by atoms with E-state index in [-0.39, 0.29) is 29.5 Å². The number of carbonyl (C=O) groups is 1. The Morgan fingerprint density at radius 1 is 1.12 bits per heavy atom. The summed E-state index contributed by atoms with van der Waals surface area (Å²) in [6.45, 7) is 7.67. The lowest BCUT2D eigenvalue weighted by Gasteiger charge is -2.13. The molecule has 0 atom stereocenters. The molecule has 0 bridgehead atoms. The van der Waals surface area contributed by atoms with Gasteiger partial charge in [-0.3, -0.25) is 9.59 Å². The van der Waals surface area contributed by atoms with Crippen LogP contribution in [0.25, 0.3) is 22.8 Å². The van der Waals surface area contributed by atoms with Gasteiger partial charge in [0, 0.05) is 22.0 Å². The molecule has 0 aliphatic rings. The molecule has 2 aromatic heterocycles. The fourth-order valence-electron chi connectivity index (χ4n) is 3.75. The summed E-state index contributed by atoms with van der Waals surface area (Å²) < 4.78 is 6.82. The molecule has 0 unspecified atom stereocenters. The Hall–Kier alpha value is -3.71. The topological polar surface area (TPSA) is 90.0 Å². The number of hydrogen-bond donors (Lipinski definition) is 1. The molecule has 1 amide bonds. The number of carbonyl (C=O) groups excluding carboxylic acids is 1. The number of pyridine rings is 1. The predicted octanol–water partition coefficient (Wildman–Crippen LogP) is 5.60. The number of halogens is 1. The van der Waals surface area contributed by atoms with Gasteiger partial charge in [-0.1, -0.05) is 54.9 Å². The summed E-state index contributed by atoms with van der Waals surface area (Å²) in [6, 6.07) is 16.6. The molecule has 0 aliphatic carbocycles. The van der Waals surface area contributed by atoms with Gasteiger partial charge in [0.25, 0.3) is 11.4 Å². The predicted molar refractivity (Wildman–Crippen MR) is 133 cm³/mol. The highest BCUT2D eigenvalue weighted by Gasteiger charge is 2.20. The van der Waals surface area contributed by atoms with Gasteiger partial charge in [0.15, 0.2) is 0 Å². The largest absolute Gasteiger partial charge is 0.333 e. The Balaban J connectivity index is 1.61. The molecule has 7 nitrogen and oxygen atoms in total. The highest BCUT2D eigenvalue weighted by molar-refractivity contribution is 6.30. The molecule has 2 aromatic carbocycles. The molecule has 1 N–H and O–H groups in total. The average molecular weight is 477 g/mol. The van der Waals surface area contributed by atoms with E-state index in [1.807, 2.05) is 30.3 Å². The highest BCUT2D eigenvalue weighted by Crippen LogP contribution is 2.25. The van der Waals surface area contributed by atoms with Crippen LogP contribution >= 0.6 is 11.6 Å². The Morgan fingerprint density at radius 2 is 1.85 bits per heavy atom. The standard InChI is InChI=1S/C26H25ClN4O3/c1-15(2)18-8-10-21(11-9-18)28-22(32)14-31-17(4)12-16(3)23(26(31)33)25-29-24(30-34-25)19-6-5-7-20(27)13-19/h5-13,15H,14H2,1-4H3,(H,28,32). The first-order valence-corrected chi connectivity index (χ1v) is 11.3. The van der Waals surface area contributed by atoms with Gasteiger partial charge >= 0.3 is 0 Å². The Labute approximate surface area is 202 Å². The third-order valence-corrected chi connectivity index (χ3v) is 5.83. The van der Waals surface area contributed by atoms with E-state index in [0.29, 0.717) is 39.3 Å². The number of anilines is 1. The minimum absolute atomic E-state index is 0.0934. The fraction of sp³-hybridized carbons (Fsp3) is 0.231. The quantitative estimate of drug-likeness (QED) is 0.391. The van der Waals surface area contributed by atoms with Crippen molar-refractivity contribution in [3.8, 4) is 22.8 Å². The van der Waals surface area contributed by atoms with E-state index in [1.54, 1.807) is 38.1 Å². The van der Waals surface area contributed by atoms with E-state index in [9.17, 15) is 9.59 Å². The van der Waals surface area contributed by atoms with E-state index in [4.69, 9.17) is 16.1 Å². The summed E-state index contributed by atoms with van der Waals surface area (Å²) in [7, 11) is 0. The van der Waals surface area contributed by atoms with Crippen molar-refractivity contribution in [2.75, 3.05) is 5.32 Å². The summed E-state index contributed by atoms with van der Waals surface area (Å²) in [5.41, 5.74) is 3.77. The van der Waals surface area contributed by atoms with Gasteiger partial charge in [0.2, 0.25) is 11.7 Å². The van der Waals surface area contributed by atoms with Crippen molar-refractivity contribution in [1.82, 2.24) is 14.7 Å². The lowest BCUT2D eigenvalue weighted by molar-refractivity contribution is -0.116. The van der Waals surface area contributed by atoms with Crippen LogP contribution in [-0.4, -0.2) is 20.6 Å². The van der Waals surface area contributed by atoms with Crippen molar-refractivity contribution in [3.05, 3.63) is 86.8 Å². The Bertz CT molecular complexity index is 1400. The summed E-state index contributed by atoms with van der Waals surface area (Å²) in [4.78, 5) is 30.5. The van der Waals surface area contributed by atoms with Gasteiger partial charge in [0.1, 0.15) is 12.1 Å². The van der Waals surface area contributed by atoms with Crippen LogP contribution in [0.4, 0.5) is 5.69 Å². The van der Waals surface area contributed by atoms with Crippen LogP contribution in [0, 0.1) is 13.8 Å². The lowest BCUT2D eigenvalue weighted by Crippen LogP contribution is -2.30. The Kier molecular flexibility index (Phi) is 6.65. The zero-order chi connectivity index (χ0) is 24.4. The number of nitrogens with one attached hydrogen (secondary N) is 1. The smallest absolute Gasteiger partial charge is 0.264 e. The van der Waals surface area contributed by atoms with Gasteiger partial charge < -0.3 is 14.4 Å². The van der Waals surface area contributed by atoms with Gasteiger partial charge in [0.05, 0.1) is 0 Å². The minimum Gasteiger partial charge on any atom is -0.333 e. The molecular formula is C26H25ClN4O3. The lowest BCUT2D eigenvalue weighted by atomic mass is 10.0. The molecule has 0 aliphatic heterocycles. The van der Waals surface area contributed by atoms with E-state index >= 15 is 0 Å². The molecule has 0 radical (unpaired) electrons. The van der Waals surface area contributed by atoms with Gasteiger partial charge in [-0.25, -0.2) is 0 Å². The van der Waals surface area contributed by atoms with Crippen molar-refractivity contribution >= 4 is 23.2 Å². The molecule has 8 heteroatoms. The number of aromatic nitrogens is 3. The van der Waals surface area contributed by atoms with Crippen molar-refractivity contribution < 1.29 is 9.32 Å². The van der Waals surface area contributed by atoms with Crippen LogP contribution in [0.15, 0.2) is 63.9 Å². The van der Waals surface area contributed by atoms with E-state index in [1.165, 1.54) is 10.1 Å². The first-order valence-electron chi connectivity index (χ1n) is 10.9. The van der Waals surface area contributed by atoms with Crippen LogP contribution in [-0.2, 0) is 11.3 Å².